The van der Waals surface area contributed by atoms with Crippen molar-refractivity contribution in [1.82, 2.24) is 20.0 Å². The van der Waals surface area contributed by atoms with Crippen molar-refractivity contribution in [3.63, 3.8) is 0 Å². The molecule has 30 heavy (non-hydrogen) atoms. The molecule has 1 aromatic carbocycles. The van der Waals surface area contributed by atoms with Crippen molar-refractivity contribution in [2.75, 3.05) is 26.2 Å². The van der Waals surface area contributed by atoms with Crippen molar-refractivity contribution >= 4 is 37.4 Å². The molecule has 2 aromatic heterocycles. The average Bonchev–Trinajstić information content (AvgIpc) is 3.16. The molecule has 3 aromatic rings. The number of aromatic nitrogens is 2. The molecule has 6 nitrogen and oxygen atoms in total. The number of fused-ring (bicyclic) bond motifs is 3. The van der Waals surface area contributed by atoms with Gasteiger partial charge < -0.3 is 10.2 Å². The highest BCUT2D eigenvalue weighted by atomic mass is 32.1. The topological polar surface area (TPSA) is 67.2 Å². The monoisotopic (exact) mass is 426 g/mol. The van der Waals surface area contributed by atoms with Crippen LogP contribution < -0.4 is 10.9 Å². The lowest BCUT2D eigenvalue weighted by atomic mass is 10.1. The van der Waals surface area contributed by atoms with Gasteiger partial charge in [-0.3, -0.25) is 9.59 Å². The lowest BCUT2D eigenvalue weighted by molar-refractivity contribution is -0.121. The summed E-state index contributed by atoms with van der Waals surface area (Å²) in [6.07, 6.45) is 5.96. The van der Waals surface area contributed by atoms with Gasteiger partial charge >= 0.3 is 0 Å². The third-order valence-corrected chi connectivity index (χ3v) is 7.12. The highest BCUT2D eigenvalue weighted by molar-refractivity contribution is 7.26. The SMILES string of the molecule is Cc1nn(CCCC(=O)NCCCN2CCCCC2)c(=O)c2c1sc1ccccc12. The number of carbonyl (C=O) groups is 1. The third kappa shape index (κ3) is 4.73. The molecule has 0 unspecified atom stereocenters. The van der Waals surface area contributed by atoms with Gasteiger partial charge in [-0.15, -0.1) is 11.3 Å². The Labute approximate surface area is 180 Å². The standard InChI is InChI=1S/C23H30N4O2S/c1-17-22-21(18-9-3-4-10-19(18)30-22)23(29)27(25-17)16-7-11-20(28)24-12-8-15-26-13-5-2-6-14-26/h3-4,9-10H,2,5-8,11-16H2,1H3,(H,24,28). The minimum atomic E-state index is -0.0602. The maximum Gasteiger partial charge on any atom is 0.276 e. The van der Waals surface area contributed by atoms with Crippen LogP contribution >= 0.6 is 11.3 Å². The minimum absolute atomic E-state index is 0.0560. The quantitative estimate of drug-likeness (QED) is 0.558. The Hall–Kier alpha value is -2.25. The number of thiophene rings is 1. The molecule has 1 N–H and O–H groups in total. The third-order valence-electron chi connectivity index (χ3n) is 5.84. The zero-order valence-corrected chi connectivity index (χ0v) is 18.5. The van der Waals surface area contributed by atoms with E-state index in [0.717, 1.165) is 45.4 Å². The Morgan fingerprint density at radius 1 is 1.13 bits per heavy atom. The van der Waals surface area contributed by atoms with Gasteiger partial charge in [0.05, 0.1) is 15.8 Å². The van der Waals surface area contributed by atoms with Crippen LogP contribution in [-0.2, 0) is 11.3 Å². The van der Waals surface area contributed by atoms with E-state index >= 15 is 0 Å². The van der Waals surface area contributed by atoms with Crippen molar-refractivity contribution in [2.45, 2.75) is 52.0 Å². The fourth-order valence-corrected chi connectivity index (χ4v) is 5.39. The highest BCUT2D eigenvalue weighted by Gasteiger charge is 2.14. The molecule has 1 fully saturated rings. The van der Waals surface area contributed by atoms with E-state index < -0.39 is 0 Å². The maximum absolute atomic E-state index is 13.0. The summed E-state index contributed by atoms with van der Waals surface area (Å²) in [5, 5.41) is 9.26. The van der Waals surface area contributed by atoms with Gasteiger partial charge in [0.2, 0.25) is 5.91 Å². The molecule has 0 saturated carbocycles. The molecule has 160 valence electrons. The average molecular weight is 427 g/mol. The predicted molar refractivity (Wildman–Crippen MR) is 123 cm³/mol. The van der Waals surface area contributed by atoms with E-state index in [1.54, 1.807) is 11.3 Å². The molecule has 0 spiro atoms. The molecule has 1 saturated heterocycles. The largest absolute Gasteiger partial charge is 0.356 e. The van der Waals surface area contributed by atoms with E-state index in [9.17, 15) is 9.59 Å². The molecule has 0 bridgehead atoms. The molecular formula is C23H30N4O2S. The van der Waals surface area contributed by atoms with Crippen LogP contribution in [0, 0.1) is 6.92 Å². The van der Waals surface area contributed by atoms with Crippen LogP contribution in [0.25, 0.3) is 20.2 Å². The first-order valence-electron chi connectivity index (χ1n) is 11.0. The summed E-state index contributed by atoms with van der Waals surface area (Å²) in [6, 6.07) is 7.99. The first-order chi connectivity index (χ1) is 14.6. The molecule has 7 heteroatoms. The van der Waals surface area contributed by atoms with Gasteiger partial charge in [-0.2, -0.15) is 5.10 Å². The van der Waals surface area contributed by atoms with Crippen LogP contribution in [0.4, 0.5) is 0 Å². The maximum atomic E-state index is 13.0. The summed E-state index contributed by atoms with van der Waals surface area (Å²) in [5.41, 5.74) is 0.808. The normalized spacial score (nSPS) is 15.1. The summed E-state index contributed by atoms with van der Waals surface area (Å²) in [7, 11) is 0. The second-order valence-electron chi connectivity index (χ2n) is 8.13. The van der Waals surface area contributed by atoms with Crippen molar-refractivity contribution in [3.8, 4) is 0 Å². The number of benzene rings is 1. The second-order valence-corrected chi connectivity index (χ2v) is 9.18. The molecule has 1 amide bonds. The van der Waals surface area contributed by atoms with Crippen molar-refractivity contribution < 1.29 is 4.79 Å². The van der Waals surface area contributed by atoms with E-state index in [4.69, 9.17) is 0 Å². The van der Waals surface area contributed by atoms with E-state index in [0.29, 0.717) is 19.4 Å². The van der Waals surface area contributed by atoms with Gasteiger partial charge in [-0.05, 0) is 58.3 Å². The van der Waals surface area contributed by atoms with E-state index in [1.807, 2.05) is 31.2 Å². The van der Waals surface area contributed by atoms with Gasteiger partial charge in [0.15, 0.2) is 0 Å². The van der Waals surface area contributed by atoms with E-state index in [-0.39, 0.29) is 11.5 Å². The first-order valence-corrected chi connectivity index (χ1v) is 11.8. The summed E-state index contributed by atoms with van der Waals surface area (Å²) >= 11 is 1.62. The van der Waals surface area contributed by atoms with Crippen LogP contribution in [0.15, 0.2) is 29.1 Å². The van der Waals surface area contributed by atoms with Crippen LogP contribution in [0.3, 0.4) is 0 Å². The predicted octanol–water partition coefficient (Wildman–Crippen LogP) is 3.69. The summed E-state index contributed by atoms with van der Waals surface area (Å²) in [6.45, 7) is 6.58. The molecule has 1 aliphatic rings. The minimum Gasteiger partial charge on any atom is -0.356 e. The highest BCUT2D eigenvalue weighted by Crippen LogP contribution is 2.32. The second kappa shape index (κ2) is 9.71. The molecule has 4 rings (SSSR count). The number of hydrogen-bond donors (Lipinski definition) is 1. The number of likely N-dealkylation sites (tertiary alicyclic amines) is 1. The van der Waals surface area contributed by atoms with Gasteiger partial charge in [-0.1, -0.05) is 24.6 Å². The van der Waals surface area contributed by atoms with Gasteiger partial charge in [0.25, 0.3) is 5.56 Å². The number of nitrogens with one attached hydrogen (secondary N) is 1. The van der Waals surface area contributed by atoms with Crippen LogP contribution in [0.1, 0.15) is 44.2 Å². The van der Waals surface area contributed by atoms with E-state index in [1.165, 1.54) is 37.0 Å². The van der Waals surface area contributed by atoms with E-state index in [2.05, 4.69) is 15.3 Å². The fraction of sp³-hybridized carbons (Fsp3) is 0.522. The van der Waals surface area contributed by atoms with Gasteiger partial charge in [0.1, 0.15) is 0 Å². The molecule has 1 aliphatic heterocycles. The molecule has 3 heterocycles. The van der Waals surface area contributed by atoms with Crippen LogP contribution in [0.2, 0.25) is 0 Å². The Bertz CT molecular complexity index is 1080. The van der Waals surface area contributed by atoms with Gasteiger partial charge in [0, 0.05) is 29.6 Å². The number of amides is 1. The zero-order valence-electron chi connectivity index (χ0n) is 17.7. The molecule has 0 atom stereocenters. The van der Waals surface area contributed by atoms with Gasteiger partial charge in [-0.25, -0.2) is 4.68 Å². The molecule has 0 radical (unpaired) electrons. The van der Waals surface area contributed by atoms with Crippen molar-refractivity contribution in [3.05, 3.63) is 40.3 Å². The Morgan fingerprint density at radius 2 is 1.93 bits per heavy atom. The van der Waals surface area contributed by atoms with Crippen molar-refractivity contribution in [2.24, 2.45) is 0 Å². The number of nitrogens with zero attached hydrogens (tertiary/aromatic N) is 3. The Kier molecular flexibility index (Phi) is 6.79. The number of carbonyl (C=O) groups excluding carboxylic acids is 1. The Balaban J connectivity index is 1.29. The summed E-state index contributed by atoms with van der Waals surface area (Å²) in [5.74, 6) is 0.0560. The van der Waals surface area contributed by atoms with Crippen LogP contribution in [-0.4, -0.2) is 46.8 Å². The smallest absolute Gasteiger partial charge is 0.276 e. The molecule has 0 aliphatic carbocycles. The molecular weight excluding hydrogens is 396 g/mol. The number of hydrogen-bond acceptors (Lipinski definition) is 5. The zero-order chi connectivity index (χ0) is 20.9. The number of piperidine rings is 1. The number of rotatable bonds is 8. The number of aryl methyl sites for hydroxylation is 2. The van der Waals surface area contributed by atoms with Crippen LogP contribution in [0.5, 0.6) is 0 Å². The lowest BCUT2D eigenvalue weighted by Gasteiger charge is -2.26. The van der Waals surface area contributed by atoms with Crippen molar-refractivity contribution in [1.29, 1.82) is 0 Å². The summed E-state index contributed by atoms with van der Waals surface area (Å²) in [4.78, 5) is 27.6. The lowest BCUT2D eigenvalue weighted by Crippen LogP contribution is -2.33. The first kappa shape index (κ1) is 21.0. The summed E-state index contributed by atoms with van der Waals surface area (Å²) < 4.78 is 3.60. The Morgan fingerprint density at radius 3 is 2.77 bits per heavy atom. The fourth-order valence-electron chi connectivity index (χ4n) is 4.26.